The predicted octanol–water partition coefficient (Wildman–Crippen LogP) is 2.24. The van der Waals surface area contributed by atoms with Crippen LogP contribution in [0.1, 0.15) is 25.7 Å². The first-order valence-corrected chi connectivity index (χ1v) is 3.72. The van der Waals surface area contributed by atoms with Gasteiger partial charge in [0.05, 0.1) is 0 Å². The minimum Gasteiger partial charge on any atom is -0.303 e. The summed E-state index contributed by atoms with van der Waals surface area (Å²) >= 11 is 0. The molecule has 0 spiro atoms. The molecule has 1 aliphatic rings. The van der Waals surface area contributed by atoms with Gasteiger partial charge in [0.1, 0.15) is 6.29 Å². The molecule has 0 fully saturated rings. The monoisotopic (exact) mass is 136 g/mol. The second-order valence-corrected chi connectivity index (χ2v) is 2.46. The van der Waals surface area contributed by atoms with Gasteiger partial charge in [-0.25, -0.2) is 0 Å². The number of hydrogen-bond donors (Lipinski definition) is 0. The van der Waals surface area contributed by atoms with Gasteiger partial charge in [0.2, 0.25) is 0 Å². The van der Waals surface area contributed by atoms with E-state index in [-0.39, 0.29) is 0 Å². The third kappa shape index (κ3) is 2.18. The maximum atomic E-state index is 10.00. The van der Waals surface area contributed by atoms with E-state index < -0.39 is 0 Å². The highest BCUT2D eigenvalue weighted by Crippen LogP contribution is 2.13. The van der Waals surface area contributed by atoms with E-state index in [2.05, 4.69) is 18.2 Å². The Kier molecular flexibility index (Phi) is 2.94. The average Bonchev–Trinajstić information content (AvgIpc) is 2.03. The first kappa shape index (κ1) is 7.26. The van der Waals surface area contributed by atoms with Crippen molar-refractivity contribution >= 4 is 6.29 Å². The summed E-state index contributed by atoms with van der Waals surface area (Å²) in [6.07, 6.45) is 11.4. The van der Waals surface area contributed by atoms with Crippen molar-refractivity contribution in [3.63, 3.8) is 0 Å². The van der Waals surface area contributed by atoms with Crippen LogP contribution < -0.4 is 0 Å². The molecule has 0 unspecified atom stereocenters. The lowest BCUT2D eigenvalue weighted by molar-refractivity contribution is -0.107. The molecule has 0 amide bonds. The zero-order chi connectivity index (χ0) is 7.23. The highest BCUT2D eigenvalue weighted by atomic mass is 16.1. The van der Waals surface area contributed by atoms with Crippen molar-refractivity contribution in [2.75, 3.05) is 0 Å². The molecule has 0 aliphatic heterocycles. The van der Waals surface area contributed by atoms with E-state index in [0.29, 0.717) is 6.42 Å². The molecule has 0 aromatic rings. The Bertz CT molecular complexity index is 166. The minimum atomic E-state index is 0.663. The first-order valence-electron chi connectivity index (χ1n) is 3.72. The molecule has 0 saturated heterocycles. The molecule has 0 N–H and O–H groups in total. The van der Waals surface area contributed by atoms with Crippen molar-refractivity contribution in [1.29, 1.82) is 0 Å². The van der Waals surface area contributed by atoms with Gasteiger partial charge in [-0.05, 0) is 19.3 Å². The molecule has 1 heteroatoms. The number of hydrogen-bond acceptors (Lipinski definition) is 1. The number of aldehydes is 1. The van der Waals surface area contributed by atoms with Crippen LogP contribution in [0.15, 0.2) is 23.8 Å². The van der Waals surface area contributed by atoms with E-state index in [1.807, 2.05) is 0 Å². The number of allylic oxidation sites excluding steroid dienone is 4. The second-order valence-electron chi connectivity index (χ2n) is 2.46. The van der Waals surface area contributed by atoms with Gasteiger partial charge < -0.3 is 4.79 Å². The topological polar surface area (TPSA) is 17.1 Å². The summed E-state index contributed by atoms with van der Waals surface area (Å²) < 4.78 is 0. The minimum absolute atomic E-state index is 0.663. The summed E-state index contributed by atoms with van der Waals surface area (Å²) in [5, 5.41) is 0. The van der Waals surface area contributed by atoms with E-state index in [0.717, 1.165) is 25.5 Å². The van der Waals surface area contributed by atoms with Crippen LogP contribution in [0, 0.1) is 0 Å². The van der Waals surface area contributed by atoms with Crippen LogP contribution >= 0.6 is 0 Å². The Balaban J connectivity index is 2.32. The highest BCUT2D eigenvalue weighted by molar-refractivity contribution is 5.50. The Morgan fingerprint density at radius 3 is 3.00 bits per heavy atom. The molecule has 1 aliphatic carbocycles. The fourth-order valence-electron chi connectivity index (χ4n) is 1.08. The zero-order valence-electron chi connectivity index (χ0n) is 6.05. The molecule has 0 radical (unpaired) electrons. The van der Waals surface area contributed by atoms with Crippen molar-refractivity contribution in [2.24, 2.45) is 0 Å². The summed E-state index contributed by atoms with van der Waals surface area (Å²) in [5.74, 6) is 0. The molecule has 0 bridgehead atoms. The van der Waals surface area contributed by atoms with Crippen LogP contribution in [0.4, 0.5) is 0 Å². The first-order chi connectivity index (χ1) is 4.93. The lowest BCUT2D eigenvalue weighted by atomic mass is 10.0. The third-order valence-corrected chi connectivity index (χ3v) is 1.62. The molecule has 1 rings (SSSR count). The Morgan fingerprint density at radius 2 is 2.40 bits per heavy atom. The number of rotatable bonds is 3. The predicted molar refractivity (Wildman–Crippen MR) is 41.8 cm³/mol. The van der Waals surface area contributed by atoms with Crippen LogP contribution in [0.3, 0.4) is 0 Å². The van der Waals surface area contributed by atoms with Crippen molar-refractivity contribution < 1.29 is 4.79 Å². The van der Waals surface area contributed by atoms with Crippen LogP contribution in [-0.2, 0) is 4.79 Å². The fraction of sp³-hybridized carbons (Fsp3) is 0.444. The van der Waals surface area contributed by atoms with Crippen molar-refractivity contribution in [3.8, 4) is 0 Å². The van der Waals surface area contributed by atoms with E-state index in [1.54, 1.807) is 0 Å². The smallest absolute Gasteiger partial charge is 0.120 e. The number of carbonyl (C=O) groups excluding carboxylic acids is 1. The summed E-state index contributed by atoms with van der Waals surface area (Å²) in [6.45, 7) is 0. The quantitative estimate of drug-likeness (QED) is 0.544. The van der Waals surface area contributed by atoms with Crippen LogP contribution in [0.5, 0.6) is 0 Å². The summed E-state index contributed by atoms with van der Waals surface area (Å²) in [7, 11) is 0. The van der Waals surface area contributed by atoms with Gasteiger partial charge in [-0.1, -0.05) is 23.8 Å². The van der Waals surface area contributed by atoms with Gasteiger partial charge in [-0.3, -0.25) is 0 Å². The fourth-order valence-corrected chi connectivity index (χ4v) is 1.08. The molecule has 0 heterocycles. The Labute approximate surface area is 61.4 Å². The molecule has 54 valence electrons. The lowest BCUT2D eigenvalue weighted by Crippen LogP contribution is -1.85. The van der Waals surface area contributed by atoms with Crippen LogP contribution in [0.25, 0.3) is 0 Å². The molecule has 0 saturated carbocycles. The third-order valence-electron chi connectivity index (χ3n) is 1.62. The van der Waals surface area contributed by atoms with Crippen molar-refractivity contribution in [1.82, 2.24) is 0 Å². The molecule has 0 aromatic carbocycles. The molecule has 1 nitrogen and oxygen atoms in total. The van der Waals surface area contributed by atoms with Gasteiger partial charge in [0.25, 0.3) is 0 Å². The normalized spacial score (nSPS) is 16.6. The summed E-state index contributed by atoms with van der Waals surface area (Å²) in [4.78, 5) is 10.00. The summed E-state index contributed by atoms with van der Waals surface area (Å²) in [6, 6.07) is 0. The Hall–Kier alpha value is -0.850. The largest absolute Gasteiger partial charge is 0.303 e. The van der Waals surface area contributed by atoms with E-state index in [4.69, 9.17) is 0 Å². The Morgan fingerprint density at radius 1 is 1.50 bits per heavy atom. The van der Waals surface area contributed by atoms with Gasteiger partial charge in [0.15, 0.2) is 0 Å². The van der Waals surface area contributed by atoms with E-state index >= 15 is 0 Å². The maximum Gasteiger partial charge on any atom is 0.120 e. The summed E-state index contributed by atoms with van der Waals surface area (Å²) in [5.41, 5.74) is 1.32. The van der Waals surface area contributed by atoms with Gasteiger partial charge in [0, 0.05) is 6.42 Å². The lowest BCUT2D eigenvalue weighted by Gasteiger charge is -2.02. The van der Waals surface area contributed by atoms with E-state index in [1.165, 1.54) is 5.57 Å². The molecule has 10 heavy (non-hydrogen) atoms. The van der Waals surface area contributed by atoms with Crippen molar-refractivity contribution in [3.05, 3.63) is 23.8 Å². The van der Waals surface area contributed by atoms with Gasteiger partial charge in [-0.2, -0.15) is 0 Å². The molecular weight excluding hydrogens is 124 g/mol. The average molecular weight is 136 g/mol. The van der Waals surface area contributed by atoms with Crippen molar-refractivity contribution in [2.45, 2.75) is 25.7 Å². The number of carbonyl (C=O) groups is 1. The highest BCUT2D eigenvalue weighted by Gasteiger charge is 1.95. The van der Waals surface area contributed by atoms with Gasteiger partial charge >= 0.3 is 0 Å². The zero-order valence-corrected chi connectivity index (χ0v) is 6.05. The van der Waals surface area contributed by atoms with E-state index in [9.17, 15) is 4.79 Å². The second kappa shape index (κ2) is 4.04. The molecule has 0 atom stereocenters. The molecular formula is C9H12O. The van der Waals surface area contributed by atoms with Crippen LogP contribution in [-0.4, -0.2) is 6.29 Å². The SMILES string of the molecule is O=CCCC1=CCCC=C1. The maximum absolute atomic E-state index is 10.00. The molecule has 0 aromatic heterocycles. The van der Waals surface area contributed by atoms with Gasteiger partial charge in [-0.15, -0.1) is 0 Å². The standard InChI is InChI=1S/C9H12O/c10-8-4-7-9-5-2-1-3-6-9/h2,5-6,8H,1,3-4,7H2. The van der Waals surface area contributed by atoms with Crippen LogP contribution in [0.2, 0.25) is 0 Å².